The van der Waals surface area contributed by atoms with Crippen molar-refractivity contribution >= 4 is 0 Å². The molecule has 0 aromatic carbocycles. The highest BCUT2D eigenvalue weighted by molar-refractivity contribution is 5.20. The fraction of sp³-hybridized carbons (Fsp3) is 0.545. The summed E-state index contributed by atoms with van der Waals surface area (Å²) < 4.78 is 0. The lowest BCUT2D eigenvalue weighted by Gasteiger charge is -2.16. The quantitative estimate of drug-likeness (QED) is 0.703. The van der Waals surface area contributed by atoms with Crippen LogP contribution in [0.1, 0.15) is 24.5 Å². The van der Waals surface area contributed by atoms with Crippen molar-refractivity contribution in [1.29, 1.82) is 0 Å². The van der Waals surface area contributed by atoms with Crippen molar-refractivity contribution < 1.29 is 0 Å². The van der Waals surface area contributed by atoms with Gasteiger partial charge in [-0.25, -0.2) is 0 Å². The normalized spacial score (nSPS) is 10.8. The number of nitrogens with zero attached hydrogens (tertiary/aromatic N) is 2. The summed E-state index contributed by atoms with van der Waals surface area (Å²) in [5, 5.41) is 0. The topological polar surface area (TPSA) is 16.1 Å². The van der Waals surface area contributed by atoms with Crippen molar-refractivity contribution in [3.05, 3.63) is 29.6 Å². The Bertz CT molecular complexity index is 258. The van der Waals surface area contributed by atoms with Gasteiger partial charge < -0.3 is 4.90 Å². The van der Waals surface area contributed by atoms with E-state index in [4.69, 9.17) is 0 Å². The van der Waals surface area contributed by atoms with Crippen LogP contribution in [0.3, 0.4) is 0 Å². The zero-order chi connectivity index (χ0) is 9.68. The predicted molar refractivity (Wildman–Crippen MR) is 55.6 cm³/mol. The molecule has 0 bridgehead atoms. The van der Waals surface area contributed by atoms with Crippen molar-refractivity contribution in [2.24, 2.45) is 0 Å². The summed E-state index contributed by atoms with van der Waals surface area (Å²) in [4.78, 5) is 6.46. The van der Waals surface area contributed by atoms with E-state index in [1.165, 1.54) is 17.5 Å². The van der Waals surface area contributed by atoms with Gasteiger partial charge in [-0.1, -0.05) is 6.92 Å². The van der Waals surface area contributed by atoms with Gasteiger partial charge in [0.2, 0.25) is 0 Å². The molecular formula is C11H18N2. The highest BCUT2D eigenvalue weighted by atomic mass is 15.1. The highest BCUT2D eigenvalue weighted by Crippen LogP contribution is 2.07. The second-order valence-electron chi connectivity index (χ2n) is 3.54. The molecule has 0 spiro atoms. The zero-order valence-electron chi connectivity index (χ0n) is 8.75. The molecule has 2 nitrogen and oxygen atoms in total. The zero-order valence-corrected chi connectivity index (χ0v) is 8.75. The summed E-state index contributed by atoms with van der Waals surface area (Å²) in [7, 11) is 2.15. The van der Waals surface area contributed by atoms with Crippen LogP contribution in [-0.4, -0.2) is 23.5 Å². The molecule has 0 saturated carbocycles. The van der Waals surface area contributed by atoms with E-state index in [2.05, 4.69) is 36.8 Å². The number of pyridine rings is 1. The molecule has 1 aromatic rings. The first-order valence-electron chi connectivity index (χ1n) is 4.82. The summed E-state index contributed by atoms with van der Waals surface area (Å²) in [5.74, 6) is 0. The van der Waals surface area contributed by atoms with Crippen LogP contribution < -0.4 is 0 Å². The van der Waals surface area contributed by atoms with Gasteiger partial charge in [0.25, 0.3) is 0 Å². The van der Waals surface area contributed by atoms with E-state index in [-0.39, 0.29) is 0 Å². The van der Waals surface area contributed by atoms with Crippen molar-refractivity contribution in [3.63, 3.8) is 0 Å². The first-order valence-corrected chi connectivity index (χ1v) is 4.82. The lowest BCUT2D eigenvalue weighted by molar-refractivity contribution is 0.326. The lowest BCUT2D eigenvalue weighted by atomic mass is 10.1. The Balaban J connectivity index is 2.58. The fourth-order valence-corrected chi connectivity index (χ4v) is 1.41. The fourth-order valence-electron chi connectivity index (χ4n) is 1.41. The summed E-state index contributed by atoms with van der Waals surface area (Å²) in [5.41, 5.74) is 2.66. The monoisotopic (exact) mass is 178 g/mol. The molecular weight excluding hydrogens is 160 g/mol. The second kappa shape index (κ2) is 4.97. The molecule has 1 rings (SSSR count). The average Bonchev–Trinajstić information content (AvgIpc) is 2.09. The Hall–Kier alpha value is -0.890. The van der Waals surface area contributed by atoms with Gasteiger partial charge in [0, 0.05) is 18.9 Å². The van der Waals surface area contributed by atoms with Crippen LogP contribution in [0.4, 0.5) is 0 Å². The minimum absolute atomic E-state index is 1.01. The Morgan fingerprint density at radius 2 is 2.23 bits per heavy atom. The molecule has 0 aliphatic rings. The average molecular weight is 178 g/mol. The van der Waals surface area contributed by atoms with Gasteiger partial charge in [0.1, 0.15) is 0 Å². The maximum Gasteiger partial charge on any atom is 0.0315 e. The maximum atomic E-state index is 4.13. The molecule has 0 radical (unpaired) electrons. The molecule has 0 atom stereocenters. The highest BCUT2D eigenvalue weighted by Gasteiger charge is 2.01. The van der Waals surface area contributed by atoms with Crippen molar-refractivity contribution in [1.82, 2.24) is 9.88 Å². The van der Waals surface area contributed by atoms with Crippen LogP contribution in [0.5, 0.6) is 0 Å². The van der Waals surface area contributed by atoms with E-state index in [0.29, 0.717) is 0 Å². The van der Waals surface area contributed by atoms with E-state index in [1.54, 1.807) is 0 Å². The molecule has 0 saturated heterocycles. The van der Waals surface area contributed by atoms with Gasteiger partial charge in [0.15, 0.2) is 0 Å². The number of hydrogen-bond acceptors (Lipinski definition) is 2. The van der Waals surface area contributed by atoms with E-state index < -0.39 is 0 Å². The largest absolute Gasteiger partial charge is 0.302 e. The molecule has 2 heteroatoms. The van der Waals surface area contributed by atoms with E-state index in [9.17, 15) is 0 Å². The van der Waals surface area contributed by atoms with E-state index >= 15 is 0 Å². The third-order valence-electron chi connectivity index (χ3n) is 2.19. The van der Waals surface area contributed by atoms with E-state index in [1.807, 2.05) is 12.4 Å². The van der Waals surface area contributed by atoms with Gasteiger partial charge in [-0.15, -0.1) is 0 Å². The van der Waals surface area contributed by atoms with Crippen molar-refractivity contribution in [2.45, 2.75) is 26.8 Å². The number of aryl methyl sites for hydroxylation is 1. The first kappa shape index (κ1) is 10.2. The first-order chi connectivity index (χ1) is 6.24. The summed E-state index contributed by atoms with van der Waals surface area (Å²) >= 11 is 0. The molecule has 13 heavy (non-hydrogen) atoms. The Kier molecular flexibility index (Phi) is 3.90. The van der Waals surface area contributed by atoms with E-state index in [0.717, 1.165) is 13.1 Å². The Labute approximate surface area is 80.6 Å². The summed E-state index contributed by atoms with van der Waals surface area (Å²) in [6.07, 6.45) is 5.01. The molecule has 0 aliphatic carbocycles. The summed E-state index contributed by atoms with van der Waals surface area (Å²) in [6, 6.07) is 2.06. The van der Waals surface area contributed by atoms with Crippen molar-refractivity contribution in [2.75, 3.05) is 13.6 Å². The number of hydrogen-bond donors (Lipinski definition) is 0. The van der Waals surface area contributed by atoms with Gasteiger partial charge in [-0.3, -0.25) is 4.98 Å². The van der Waals surface area contributed by atoms with Gasteiger partial charge in [-0.2, -0.15) is 0 Å². The van der Waals surface area contributed by atoms with Crippen LogP contribution in [0.15, 0.2) is 18.5 Å². The van der Waals surface area contributed by atoms with Gasteiger partial charge in [0.05, 0.1) is 0 Å². The van der Waals surface area contributed by atoms with Crippen LogP contribution in [0.25, 0.3) is 0 Å². The SMILES string of the molecule is CCCN(C)Cc1cnccc1C. The van der Waals surface area contributed by atoms with Crippen molar-refractivity contribution in [3.8, 4) is 0 Å². The van der Waals surface area contributed by atoms with Gasteiger partial charge in [-0.05, 0) is 44.1 Å². The molecule has 72 valence electrons. The molecule has 1 heterocycles. The van der Waals surface area contributed by atoms with Crippen LogP contribution in [0.2, 0.25) is 0 Å². The molecule has 0 fully saturated rings. The van der Waals surface area contributed by atoms with Gasteiger partial charge >= 0.3 is 0 Å². The third kappa shape index (κ3) is 3.15. The lowest BCUT2D eigenvalue weighted by Crippen LogP contribution is -2.19. The van der Waals surface area contributed by atoms with Crippen LogP contribution in [-0.2, 0) is 6.54 Å². The summed E-state index contributed by atoms with van der Waals surface area (Å²) in [6.45, 7) is 6.49. The standard InChI is InChI=1S/C11H18N2/c1-4-7-13(3)9-11-8-12-6-5-10(11)2/h5-6,8H,4,7,9H2,1-3H3. The predicted octanol–water partition coefficient (Wildman–Crippen LogP) is 2.23. The minimum atomic E-state index is 1.01. The second-order valence-corrected chi connectivity index (χ2v) is 3.54. The van der Waals surface area contributed by atoms with Crippen LogP contribution in [0, 0.1) is 6.92 Å². The molecule has 0 aliphatic heterocycles. The number of rotatable bonds is 4. The Morgan fingerprint density at radius 1 is 1.46 bits per heavy atom. The minimum Gasteiger partial charge on any atom is -0.302 e. The smallest absolute Gasteiger partial charge is 0.0315 e. The third-order valence-corrected chi connectivity index (χ3v) is 2.19. The maximum absolute atomic E-state index is 4.13. The Morgan fingerprint density at radius 3 is 2.85 bits per heavy atom. The number of aromatic nitrogens is 1. The molecule has 0 amide bonds. The molecule has 1 aromatic heterocycles. The van der Waals surface area contributed by atoms with Crippen LogP contribution >= 0.6 is 0 Å². The molecule has 0 N–H and O–H groups in total. The molecule has 0 unspecified atom stereocenters.